The number of hydrogen-bond donors (Lipinski definition) is 1. The monoisotopic (exact) mass is 346 g/mol. The van der Waals surface area contributed by atoms with Gasteiger partial charge in [-0.05, 0) is 54.8 Å². The lowest BCUT2D eigenvalue weighted by Gasteiger charge is -2.27. The summed E-state index contributed by atoms with van der Waals surface area (Å²) in [5.74, 6) is -0.558. The van der Waals surface area contributed by atoms with E-state index in [1.165, 1.54) is 12.1 Å². The molecule has 126 valence electrons. The first-order chi connectivity index (χ1) is 11.5. The van der Waals surface area contributed by atoms with Gasteiger partial charge in [0.15, 0.2) is 0 Å². The van der Waals surface area contributed by atoms with Crippen molar-refractivity contribution in [3.8, 4) is 5.75 Å². The maximum absolute atomic E-state index is 12.4. The van der Waals surface area contributed by atoms with Crippen molar-refractivity contribution in [3.05, 3.63) is 34.7 Å². The third-order valence-corrected chi connectivity index (χ3v) is 4.95. The number of phenols is 1. The van der Waals surface area contributed by atoms with Crippen molar-refractivity contribution in [1.82, 2.24) is 9.80 Å². The third-order valence-electron chi connectivity index (χ3n) is 4.04. The van der Waals surface area contributed by atoms with Gasteiger partial charge in [-0.2, -0.15) is 0 Å². The Morgan fingerprint density at radius 2 is 1.96 bits per heavy atom. The average Bonchev–Trinajstić information content (AvgIpc) is 2.83. The van der Waals surface area contributed by atoms with Crippen LogP contribution in [0.4, 0.5) is 4.79 Å². The number of aromatic hydroxyl groups is 1. The zero-order chi connectivity index (χ0) is 17.1. The van der Waals surface area contributed by atoms with Crippen LogP contribution in [0.15, 0.2) is 29.2 Å². The number of carbonyl (C=O) groups excluding carboxylic acids is 3. The van der Waals surface area contributed by atoms with E-state index in [2.05, 4.69) is 0 Å². The van der Waals surface area contributed by atoms with E-state index in [0.29, 0.717) is 18.7 Å². The Kier molecular flexibility index (Phi) is 4.89. The van der Waals surface area contributed by atoms with Crippen molar-refractivity contribution in [3.63, 3.8) is 0 Å². The minimum absolute atomic E-state index is 0.0863. The summed E-state index contributed by atoms with van der Waals surface area (Å²) < 4.78 is 0. The van der Waals surface area contributed by atoms with Gasteiger partial charge in [0.1, 0.15) is 12.3 Å². The molecule has 0 saturated carbocycles. The lowest BCUT2D eigenvalue weighted by atomic mass is 10.1. The number of benzene rings is 1. The molecule has 7 heteroatoms. The van der Waals surface area contributed by atoms with E-state index in [1.54, 1.807) is 23.1 Å². The van der Waals surface area contributed by atoms with Gasteiger partial charge in [-0.3, -0.25) is 19.3 Å². The summed E-state index contributed by atoms with van der Waals surface area (Å²) in [5.41, 5.74) is 0.628. The summed E-state index contributed by atoms with van der Waals surface area (Å²) in [5, 5.41) is 9.04. The topological polar surface area (TPSA) is 77.9 Å². The molecule has 3 amide bonds. The predicted molar refractivity (Wildman–Crippen MR) is 91.2 cm³/mol. The van der Waals surface area contributed by atoms with E-state index >= 15 is 0 Å². The average molecular weight is 346 g/mol. The normalized spacial score (nSPS) is 20.1. The first-order valence-electron chi connectivity index (χ1n) is 7.87. The van der Waals surface area contributed by atoms with Crippen LogP contribution in [0.25, 0.3) is 6.08 Å². The standard InChI is InChI=1S/C17H18N2O4S/c20-13-6-4-5-12(9-13)10-14-16(22)19(17(23)24-14)11-15(21)18-7-2-1-3-8-18/h4-6,9-10,20H,1-3,7-8,11H2/b14-10-. The van der Waals surface area contributed by atoms with E-state index in [4.69, 9.17) is 0 Å². The van der Waals surface area contributed by atoms with Gasteiger partial charge in [-0.1, -0.05) is 12.1 Å². The molecule has 24 heavy (non-hydrogen) atoms. The Balaban J connectivity index is 1.71. The van der Waals surface area contributed by atoms with Crippen LogP contribution in [-0.2, 0) is 9.59 Å². The van der Waals surface area contributed by atoms with Crippen LogP contribution in [0.3, 0.4) is 0 Å². The van der Waals surface area contributed by atoms with Gasteiger partial charge in [0.05, 0.1) is 4.91 Å². The summed E-state index contributed by atoms with van der Waals surface area (Å²) in [4.78, 5) is 39.7. The highest BCUT2D eigenvalue weighted by molar-refractivity contribution is 8.18. The Labute approximate surface area is 144 Å². The highest BCUT2D eigenvalue weighted by atomic mass is 32.2. The summed E-state index contributed by atoms with van der Waals surface area (Å²) >= 11 is 0.817. The molecule has 1 N–H and O–H groups in total. The Morgan fingerprint density at radius 3 is 2.67 bits per heavy atom. The van der Waals surface area contributed by atoms with Gasteiger partial charge in [-0.25, -0.2) is 0 Å². The van der Waals surface area contributed by atoms with Crippen LogP contribution in [0.1, 0.15) is 24.8 Å². The van der Waals surface area contributed by atoms with Crippen LogP contribution < -0.4 is 0 Å². The van der Waals surface area contributed by atoms with Gasteiger partial charge in [0.25, 0.3) is 11.1 Å². The molecule has 2 saturated heterocycles. The minimum atomic E-state index is -0.460. The predicted octanol–water partition coefficient (Wildman–Crippen LogP) is 2.44. The van der Waals surface area contributed by atoms with Crippen LogP contribution in [0, 0.1) is 0 Å². The molecule has 2 heterocycles. The van der Waals surface area contributed by atoms with Gasteiger partial charge in [0, 0.05) is 13.1 Å². The van der Waals surface area contributed by atoms with E-state index in [9.17, 15) is 19.5 Å². The zero-order valence-corrected chi connectivity index (χ0v) is 13.9. The molecular weight excluding hydrogens is 328 g/mol. The van der Waals surface area contributed by atoms with Crippen molar-refractivity contribution < 1.29 is 19.5 Å². The molecule has 0 spiro atoms. The van der Waals surface area contributed by atoms with Crippen molar-refractivity contribution in [2.75, 3.05) is 19.6 Å². The highest BCUT2D eigenvalue weighted by Gasteiger charge is 2.37. The molecule has 0 unspecified atom stereocenters. The fraction of sp³-hybridized carbons (Fsp3) is 0.353. The van der Waals surface area contributed by atoms with E-state index in [1.807, 2.05) is 0 Å². The molecule has 0 aliphatic carbocycles. The van der Waals surface area contributed by atoms with Crippen molar-refractivity contribution in [2.24, 2.45) is 0 Å². The van der Waals surface area contributed by atoms with E-state index in [-0.39, 0.29) is 23.1 Å². The second-order valence-electron chi connectivity index (χ2n) is 5.80. The molecule has 2 aliphatic heterocycles. The first kappa shape index (κ1) is 16.6. The lowest BCUT2D eigenvalue weighted by Crippen LogP contribution is -2.44. The second-order valence-corrected chi connectivity index (χ2v) is 6.80. The molecule has 0 atom stereocenters. The molecule has 0 radical (unpaired) electrons. The summed E-state index contributed by atoms with van der Waals surface area (Å²) in [7, 11) is 0. The van der Waals surface area contributed by atoms with Gasteiger partial charge in [-0.15, -0.1) is 0 Å². The molecular formula is C17H18N2O4S. The summed E-state index contributed by atoms with van der Waals surface area (Å²) in [6.45, 7) is 1.17. The van der Waals surface area contributed by atoms with Gasteiger partial charge in [0.2, 0.25) is 5.91 Å². The smallest absolute Gasteiger partial charge is 0.294 e. The minimum Gasteiger partial charge on any atom is -0.508 e. The number of thioether (sulfide) groups is 1. The van der Waals surface area contributed by atoms with Crippen LogP contribution in [-0.4, -0.2) is 51.6 Å². The number of likely N-dealkylation sites (tertiary alicyclic amines) is 1. The molecule has 0 aromatic heterocycles. The highest BCUT2D eigenvalue weighted by Crippen LogP contribution is 2.32. The number of phenolic OH excluding ortho intramolecular Hbond substituents is 1. The second kappa shape index (κ2) is 7.09. The number of amides is 3. The van der Waals surface area contributed by atoms with E-state index < -0.39 is 11.1 Å². The quantitative estimate of drug-likeness (QED) is 0.851. The number of nitrogens with zero attached hydrogens (tertiary/aromatic N) is 2. The number of carbonyl (C=O) groups is 3. The van der Waals surface area contributed by atoms with Crippen LogP contribution in [0.5, 0.6) is 5.75 Å². The summed E-state index contributed by atoms with van der Waals surface area (Å²) in [6.07, 6.45) is 4.59. The number of imide groups is 1. The van der Waals surface area contributed by atoms with Gasteiger partial charge >= 0.3 is 0 Å². The summed E-state index contributed by atoms with van der Waals surface area (Å²) in [6, 6.07) is 6.42. The third kappa shape index (κ3) is 3.62. The molecule has 1 aromatic rings. The molecule has 6 nitrogen and oxygen atoms in total. The van der Waals surface area contributed by atoms with Crippen molar-refractivity contribution in [2.45, 2.75) is 19.3 Å². The lowest BCUT2D eigenvalue weighted by molar-refractivity contribution is -0.136. The Bertz CT molecular complexity index is 710. The molecule has 1 aromatic carbocycles. The molecule has 0 bridgehead atoms. The van der Waals surface area contributed by atoms with Crippen molar-refractivity contribution in [1.29, 1.82) is 0 Å². The Hall–Kier alpha value is -2.28. The van der Waals surface area contributed by atoms with E-state index in [0.717, 1.165) is 35.9 Å². The molecule has 3 rings (SSSR count). The van der Waals surface area contributed by atoms with Crippen LogP contribution in [0.2, 0.25) is 0 Å². The maximum Gasteiger partial charge on any atom is 0.294 e. The van der Waals surface area contributed by atoms with Gasteiger partial charge < -0.3 is 10.0 Å². The Morgan fingerprint density at radius 1 is 1.21 bits per heavy atom. The van der Waals surface area contributed by atoms with Crippen molar-refractivity contribution >= 4 is 34.9 Å². The molecule has 2 fully saturated rings. The zero-order valence-electron chi connectivity index (χ0n) is 13.1. The number of piperidine rings is 1. The number of rotatable bonds is 3. The first-order valence-corrected chi connectivity index (χ1v) is 8.68. The SMILES string of the molecule is O=C(CN1C(=O)S/C(=C\c2cccc(O)c2)C1=O)N1CCCCC1. The fourth-order valence-electron chi connectivity index (χ4n) is 2.78. The maximum atomic E-state index is 12.4. The largest absolute Gasteiger partial charge is 0.508 e. The number of hydrogen-bond acceptors (Lipinski definition) is 5. The fourth-order valence-corrected chi connectivity index (χ4v) is 3.62. The van der Waals surface area contributed by atoms with Crippen LogP contribution >= 0.6 is 11.8 Å². The molecule has 2 aliphatic rings.